The highest BCUT2D eigenvalue weighted by Gasteiger charge is 2.74. The fourth-order valence-electron chi connectivity index (χ4n) is 6.42. The first-order chi connectivity index (χ1) is 17.3. The summed E-state index contributed by atoms with van der Waals surface area (Å²) in [5, 5.41) is 12.3. The number of fused-ring (bicyclic) bond motifs is 3. The van der Waals surface area contributed by atoms with Crippen LogP contribution in [0.15, 0.2) is 23.8 Å². The lowest BCUT2D eigenvalue weighted by Gasteiger charge is -2.56. The zero-order valence-corrected chi connectivity index (χ0v) is 22.3. The van der Waals surface area contributed by atoms with Crippen molar-refractivity contribution in [3.63, 3.8) is 0 Å². The highest BCUT2D eigenvalue weighted by Crippen LogP contribution is 2.62. The summed E-state index contributed by atoms with van der Waals surface area (Å²) in [5.41, 5.74) is -3.70. The van der Waals surface area contributed by atoms with Crippen LogP contribution in [0, 0.1) is 17.3 Å². The molecule has 37 heavy (non-hydrogen) atoms. The summed E-state index contributed by atoms with van der Waals surface area (Å²) in [4.78, 5) is 49.8. The Morgan fingerprint density at radius 2 is 1.76 bits per heavy atom. The van der Waals surface area contributed by atoms with Gasteiger partial charge in [-0.15, -0.1) is 11.6 Å². The normalized spacial score (nSPS) is 44.8. The summed E-state index contributed by atoms with van der Waals surface area (Å²) in [5.74, 6) is -4.49. The van der Waals surface area contributed by atoms with E-state index in [4.69, 9.17) is 35.3 Å². The fraction of sp³-hybridized carbons (Fsp3) is 0.692. The second kappa shape index (κ2) is 9.71. The van der Waals surface area contributed by atoms with Crippen molar-refractivity contribution in [3.05, 3.63) is 23.8 Å². The molecule has 0 aromatic rings. The molecule has 0 aromatic heterocycles. The summed E-state index contributed by atoms with van der Waals surface area (Å²) >= 11 is 6.18. The first-order valence-electron chi connectivity index (χ1n) is 12.3. The zero-order chi connectivity index (χ0) is 27.3. The molecule has 2 aliphatic carbocycles. The summed E-state index contributed by atoms with van der Waals surface area (Å²) in [6, 6.07) is 0. The minimum atomic E-state index is -2.03. The van der Waals surface area contributed by atoms with E-state index in [0.29, 0.717) is 18.4 Å². The van der Waals surface area contributed by atoms with E-state index in [2.05, 4.69) is 0 Å². The van der Waals surface area contributed by atoms with Gasteiger partial charge in [0.15, 0.2) is 11.7 Å². The molecule has 11 heteroatoms. The number of epoxide rings is 1. The SMILES string of the molecule is CC(=O)O[C@H]1/C=C\C(CCl)=C/[C@@H]2OC(=O)[C@H](C)[C@@]2(O)[C@@H](OC(C)=O)[C@H]2[C@]3(CC[C@H](OC(C)=O)[C@]12C)CO3. The maximum Gasteiger partial charge on any atom is 0.312 e. The molecule has 1 spiro atoms. The first-order valence-corrected chi connectivity index (χ1v) is 12.9. The van der Waals surface area contributed by atoms with Crippen LogP contribution in [0.4, 0.5) is 0 Å². The van der Waals surface area contributed by atoms with Gasteiger partial charge >= 0.3 is 23.9 Å². The lowest BCUT2D eigenvalue weighted by molar-refractivity contribution is -0.236. The van der Waals surface area contributed by atoms with E-state index in [0.717, 1.165) is 0 Å². The molecule has 4 rings (SSSR count). The molecule has 1 N–H and O–H groups in total. The number of ether oxygens (including phenoxy) is 5. The van der Waals surface area contributed by atoms with Crippen molar-refractivity contribution >= 4 is 35.5 Å². The Labute approximate surface area is 220 Å². The fourth-order valence-corrected chi connectivity index (χ4v) is 6.60. The zero-order valence-electron chi connectivity index (χ0n) is 21.5. The second-order valence-electron chi connectivity index (χ2n) is 10.6. The Bertz CT molecular complexity index is 1050. The molecule has 2 aliphatic heterocycles. The van der Waals surface area contributed by atoms with Crippen molar-refractivity contribution in [2.24, 2.45) is 17.3 Å². The van der Waals surface area contributed by atoms with Crippen molar-refractivity contribution in [1.82, 2.24) is 0 Å². The number of halogens is 1. The third-order valence-electron chi connectivity index (χ3n) is 8.29. The number of aliphatic hydroxyl groups is 1. The number of allylic oxidation sites excluding steroid dienone is 2. The Morgan fingerprint density at radius 3 is 2.30 bits per heavy atom. The average Bonchev–Trinajstić information content (AvgIpc) is 3.54. The Kier molecular flexibility index (Phi) is 7.24. The van der Waals surface area contributed by atoms with Crippen molar-refractivity contribution < 1.29 is 48.0 Å². The maximum atomic E-state index is 12.8. The van der Waals surface area contributed by atoms with Gasteiger partial charge in [-0.2, -0.15) is 0 Å². The standard InChI is InChI=1S/C26H33ClO10/c1-13-23(31)37-20-10-17(11-27)6-7-18(34-14(2)28)24(5)19(35-15(3)29)8-9-25(12-33-25)21(24)22(26(13,20)32)36-16(4)30/h6-7,10,13,18-22,32H,8-9,11-12H2,1-5H3/b7-6-,17-10+/t13-,18-,19-,20-,21+,22-,24-,25-,26-/m0/s1. The van der Waals surface area contributed by atoms with Crippen LogP contribution in [0.5, 0.6) is 0 Å². The van der Waals surface area contributed by atoms with E-state index in [1.165, 1.54) is 33.8 Å². The van der Waals surface area contributed by atoms with Crippen LogP contribution in [-0.4, -0.2) is 77.1 Å². The lowest BCUT2D eigenvalue weighted by atomic mass is 9.53. The van der Waals surface area contributed by atoms with Gasteiger partial charge < -0.3 is 28.8 Å². The predicted octanol–water partition coefficient (Wildman–Crippen LogP) is 1.99. The van der Waals surface area contributed by atoms with Crippen molar-refractivity contribution in [3.8, 4) is 0 Å². The van der Waals surface area contributed by atoms with E-state index >= 15 is 0 Å². The molecule has 0 amide bonds. The molecule has 0 bridgehead atoms. The summed E-state index contributed by atoms with van der Waals surface area (Å²) in [6.07, 6.45) is 1.21. The molecule has 9 atom stereocenters. The summed E-state index contributed by atoms with van der Waals surface area (Å²) in [7, 11) is 0. The molecule has 2 heterocycles. The predicted molar refractivity (Wildman–Crippen MR) is 128 cm³/mol. The lowest BCUT2D eigenvalue weighted by Crippen LogP contribution is -2.69. The van der Waals surface area contributed by atoms with Crippen molar-refractivity contribution in [2.75, 3.05) is 12.5 Å². The number of alkyl halides is 1. The first kappa shape index (κ1) is 27.6. The van der Waals surface area contributed by atoms with Gasteiger partial charge in [0, 0.05) is 32.6 Å². The van der Waals surface area contributed by atoms with Gasteiger partial charge in [0.1, 0.15) is 18.3 Å². The smallest absolute Gasteiger partial charge is 0.312 e. The van der Waals surface area contributed by atoms with Crippen LogP contribution in [0.3, 0.4) is 0 Å². The van der Waals surface area contributed by atoms with Gasteiger partial charge in [-0.3, -0.25) is 19.2 Å². The third-order valence-corrected chi connectivity index (χ3v) is 8.60. The molecular weight excluding hydrogens is 508 g/mol. The highest BCUT2D eigenvalue weighted by molar-refractivity contribution is 6.19. The van der Waals surface area contributed by atoms with Crippen molar-refractivity contribution in [1.29, 1.82) is 0 Å². The Morgan fingerprint density at radius 1 is 1.14 bits per heavy atom. The van der Waals surface area contributed by atoms with Crippen LogP contribution < -0.4 is 0 Å². The third kappa shape index (κ3) is 4.57. The Balaban J connectivity index is 2.04. The number of hydrogen-bond acceptors (Lipinski definition) is 10. The van der Waals surface area contributed by atoms with Crippen LogP contribution in [-0.2, 0) is 42.9 Å². The van der Waals surface area contributed by atoms with Gasteiger partial charge in [0.2, 0.25) is 0 Å². The molecule has 0 aromatic carbocycles. The van der Waals surface area contributed by atoms with Crippen LogP contribution in [0.2, 0.25) is 0 Å². The maximum absolute atomic E-state index is 12.8. The largest absolute Gasteiger partial charge is 0.462 e. The van der Waals surface area contributed by atoms with E-state index in [1.54, 1.807) is 19.1 Å². The number of carbonyl (C=O) groups is 4. The van der Waals surface area contributed by atoms with Gasteiger partial charge in [-0.05, 0) is 37.5 Å². The van der Waals surface area contributed by atoms with Gasteiger partial charge in [-0.1, -0.05) is 13.0 Å². The minimum absolute atomic E-state index is 0.0133. The molecule has 10 nitrogen and oxygen atoms in total. The number of carbonyl (C=O) groups excluding carboxylic acids is 4. The number of rotatable bonds is 4. The van der Waals surface area contributed by atoms with Gasteiger partial charge in [0.05, 0.1) is 23.5 Å². The molecule has 2 saturated heterocycles. The van der Waals surface area contributed by atoms with Gasteiger partial charge in [-0.25, -0.2) is 0 Å². The van der Waals surface area contributed by atoms with Crippen molar-refractivity contribution in [2.45, 2.75) is 83.1 Å². The van der Waals surface area contributed by atoms with E-state index in [1.807, 2.05) is 0 Å². The van der Waals surface area contributed by atoms with E-state index in [9.17, 15) is 24.3 Å². The van der Waals surface area contributed by atoms with Crippen LogP contribution in [0.1, 0.15) is 47.5 Å². The highest BCUT2D eigenvalue weighted by atomic mass is 35.5. The number of hydrogen-bond donors (Lipinski definition) is 1. The topological polar surface area (TPSA) is 138 Å². The molecular formula is C26H33ClO10. The molecule has 1 saturated carbocycles. The Hall–Kier alpha value is -2.43. The quantitative estimate of drug-likeness (QED) is 0.244. The average molecular weight is 541 g/mol. The summed E-state index contributed by atoms with van der Waals surface area (Å²) < 4.78 is 29.0. The molecule has 0 radical (unpaired) electrons. The molecule has 0 unspecified atom stereocenters. The second-order valence-corrected chi connectivity index (χ2v) is 10.9. The monoisotopic (exact) mass is 540 g/mol. The van der Waals surface area contributed by atoms with Crippen LogP contribution in [0.25, 0.3) is 0 Å². The molecule has 204 valence electrons. The molecule has 4 aliphatic rings. The van der Waals surface area contributed by atoms with Crippen LogP contribution >= 0.6 is 11.6 Å². The number of esters is 4. The minimum Gasteiger partial charge on any atom is -0.462 e. The van der Waals surface area contributed by atoms with E-state index in [-0.39, 0.29) is 12.5 Å². The summed E-state index contributed by atoms with van der Waals surface area (Å²) in [6.45, 7) is 7.28. The van der Waals surface area contributed by atoms with E-state index < -0.39 is 76.7 Å². The van der Waals surface area contributed by atoms with Gasteiger partial charge in [0.25, 0.3) is 0 Å². The molecule has 3 fully saturated rings.